The van der Waals surface area contributed by atoms with Crippen LogP contribution >= 0.6 is 0 Å². The van der Waals surface area contributed by atoms with Gasteiger partial charge in [-0.05, 0) is 63.4 Å². The van der Waals surface area contributed by atoms with Crippen LogP contribution in [0, 0.1) is 5.82 Å². The molecule has 1 amide bonds. The van der Waals surface area contributed by atoms with Crippen molar-refractivity contribution in [1.82, 2.24) is 14.9 Å². The third-order valence-electron chi connectivity index (χ3n) is 3.95. The molecule has 24 heavy (non-hydrogen) atoms. The van der Waals surface area contributed by atoms with Gasteiger partial charge in [-0.3, -0.25) is 4.90 Å². The predicted octanol–water partition coefficient (Wildman–Crippen LogP) is 4.29. The van der Waals surface area contributed by atoms with Crippen molar-refractivity contribution in [2.75, 3.05) is 6.54 Å². The van der Waals surface area contributed by atoms with Gasteiger partial charge in [0.15, 0.2) is 0 Å². The van der Waals surface area contributed by atoms with E-state index in [1.165, 1.54) is 12.1 Å². The first kappa shape index (κ1) is 16.5. The number of nitrogens with one attached hydrogen (secondary N) is 1. The van der Waals surface area contributed by atoms with Crippen LogP contribution in [0.1, 0.15) is 45.5 Å². The van der Waals surface area contributed by atoms with E-state index >= 15 is 0 Å². The number of halogens is 1. The summed E-state index contributed by atoms with van der Waals surface area (Å²) in [6.45, 7) is 6.23. The summed E-state index contributed by atoms with van der Waals surface area (Å²) in [5, 5.41) is 0. The topological polar surface area (TPSA) is 58.2 Å². The number of aromatic nitrogens is 2. The number of rotatable bonds is 2. The van der Waals surface area contributed by atoms with Gasteiger partial charge in [-0.2, -0.15) is 0 Å². The van der Waals surface area contributed by atoms with Gasteiger partial charge in [0.1, 0.15) is 17.2 Å². The van der Waals surface area contributed by atoms with Gasteiger partial charge in [-0.1, -0.05) is 0 Å². The number of imidazole rings is 1. The number of ether oxygens (including phenoxy) is 1. The highest BCUT2D eigenvalue weighted by Gasteiger charge is 2.34. The Labute approximate surface area is 140 Å². The molecule has 1 atom stereocenters. The standard InChI is InChI=1S/C18H22FN3O2/c1-18(2,3)24-17(23)22-10-4-5-15(22)16-20-11-14(21-16)12-6-8-13(19)9-7-12/h6-9,11,15H,4-5,10H2,1-3H3,(H,20,21)/t15-/m0/s1. The molecule has 1 N–H and O–H groups in total. The second-order valence-corrected chi connectivity index (χ2v) is 7.02. The van der Waals surface area contributed by atoms with Crippen molar-refractivity contribution in [3.05, 3.63) is 42.1 Å². The Balaban J connectivity index is 1.78. The van der Waals surface area contributed by atoms with Crippen LogP contribution in [0.4, 0.5) is 9.18 Å². The zero-order chi connectivity index (χ0) is 17.3. The maximum absolute atomic E-state index is 13.0. The van der Waals surface area contributed by atoms with Gasteiger partial charge >= 0.3 is 6.09 Å². The van der Waals surface area contributed by atoms with E-state index in [4.69, 9.17) is 4.74 Å². The number of likely N-dealkylation sites (tertiary alicyclic amines) is 1. The minimum atomic E-state index is -0.521. The molecule has 0 saturated carbocycles. The summed E-state index contributed by atoms with van der Waals surface area (Å²) in [6.07, 6.45) is 3.16. The number of nitrogens with zero attached hydrogens (tertiary/aromatic N) is 2. The van der Waals surface area contributed by atoms with Crippen LogP contribution < -0.4 is 0 Å². The largest absolute Gasteiger partial charge is 0.444 e. The van der Waals surface area contributed by atoms with E-state index in [1.807, 2.05) is 20.8 Å². The van der Waals surface area contributed by atoms with E-state index in [1.54, 1.807) is 23.2 Å². The molecule has 0 radical (unpaired) electrons. The van der Waals surface area contributed by atoms with Gasteiger partial charge in [0.25, 0.3) is 0 Å². The fourth-order valence-electron chi connectivity index (χ4n) is 2.87. The zero-order valence-electron chi connectivity index (χ0n) is 14.2. The molecule has 1 aliphatic heterocycles. The fourth-order valence-corrected chi connectivity index (χ4v) is 2.87. The highest BCUT2D eigenvalue weighted by molar-refractivity contribution is 5.69. The van der Waals surface area contributed by atoms with Crippen LogP contribution in [0.2, 0.25) is 0 Å². The lowest BCUT2D eigenvalue weighted by Crippen LogP contribution is -2.36. The second-order valence-electron chi connectivity index (χ2n) is 7.02. The molecule has 0 bridgehead atoms. The third-order valence-corrected chi connectivity index (χ3v) is 3.95. The van der Waals surface area contributed by atoms with Crippen molar-refractivity contribution in [3.8, 4) is 11.3 Å². The van der Waals surface area contributed by atoms with Crippen LogP contribution in [0.15, 0.2) is 30.5 Å². The summed E-state index contributed by atoms with van der Waals surface area (Å²) in [6, 6.07) is 6.12. The number of hydrogen-bond acceptors (Lipinski definition) is 3. The van der Waals surface area contributed by atoms with E-state index in [9.17, 15) is 9.18 Å². The first-order valence-electron chi connectivity index (χ1n) is 8.14. The molecule has 2 aromatic rings. The Morgan fingerprint density at radius 1 is 1.33 bits per heavy atom. The molecule has 1 aliphatic rings. The first-order chi connectivity index (χ1) is 11.3. The first-order valence-corrected chi connectivity index (χ1v) is 8.14. The predicted molar refractivity (Wildman–Crippen MR) is 88.9 cm³/mol. The lowest BCUT2D eigenvalue weighted by atomic mass is 10.2. The van der Waals surface area contributed by atoms with Crippen LogP contribution in [0.25, 0.3) is 11.3 Å². The van der Waals surface area contributed by atoms with Crippen LogP contribution in [0.5, 0.6) is 0 Å². The second kappa shape index (κ2) is 6.26. The molecule has 1 aromatic heterocycles. The monoisotopic (exact) mass is 331 g/mol. The van der Waals surface area contributed by atoms with E-state index in [0.29, 0.717) is 6.54 Å². The molecular formula is C18H22FN3O2. The van der Waals surface area contributed by atoms with Crippen molar-refractivity contribution < 1.29 is 13.9 Å². The Kier molecular flexibility index (Phi) is 4.30. The molecule has 0 spiro atoms. The minimum Gasteiger partial charge on any atom is -0.444 e. The average Bonchev–Trinajstić information content (AvgIpc) is 3.15. The number of hydrogen-bond donors (Lipinski definition) is 1. The van der Waals surface area contributed by atoms with Crippen molar-refractivity contribution in [1.29, 1.82) is 0 Å². The fraction of sp³-hybridized carbons (Fsp3) is 0.444. The number of carbonyl (C=O) groups excluding carboxylic acids is 1. The maximum Gasteiger partial charge on any atom is 0.410 e. The van der Waals surface area contributed by atoms with Gasteiger partial charge in [-0.15, -0.1) is 0 Å². The number of amides is 1. The zero-order valence-corrected chi connectivity index (χ0v) is 14.2. The number of aromatic amines is 1. The molecule has 5 nitrogen and oxygen atoms in total. The molecule has 1 saturated heterocycles. The summed E-state index contributed by atoms with van der Waals surface area (Å²) in [7, 11) is 0. The SMILES string of the molecule is CC(C)(C)OC(=O)N1CCC[C@H]1c1ncc(-c2ccc(F)cc2)[nH]1. The van der Waals surface area contributed by atoms with Gasteiger partial charge in [-0.25, -0.2) is 14.2 Å². The maximum atomic E-state index is 13.0. The molecule has 6 heteroatoms. The van der Waals surface area contributed by atoms with Gasteiger partial charge in [0, 0.05) is 6.54 Å². The number of benzene rings is 1. The normalized spacial score (nSPS) is 18.0. The highest BCUT2D eigenvalue weighted by Crippen LogP contribution is 2.32. The molecule has 1 fully saturated rings. The summed E-state index contributed by atoms with van der Waals surface area (Å²) in [4.78, 5) is 21.8. The Bertz CT molecular complexity index is 719. The minimum absolute atomic E-state index is 0.117. The van der Waals surface area contributed by atoms with Crippen molar-refractivity contribution in [2.45, 2.75) is 45.3 Å². The molecular weight excluding hydrogens is 309 g/mol. The van der Waals surface area contributed by atoms with Crippen LogP contribution in [-0.2, 0) is 4.74 Å². The Hall–Kier alpha value is -2.37. The van der Waals surface area contributed by atoms with Gasteiger partial charge < -0.3 is 9.72 Å². The van der Waals surface area contributed by atoms with E-state index in [0.717, 1.165) is 29.9 Å². The van der Waals surface area contributed by atoms with Crippen LogP contribution in [0.3, 0.4) is 0 Å². The summed E-state index contributed by atoms with van der Waals surface area (Å²) < 4.78 is 18.5. The van der Waals surface area contributed by atoms with Crippen molar-refractivity contribution in [3.63, 3.8) is 0 Å². The number of carbonyl (C=O) groups is 1. The quantitative estimate of drug-likeness (QED) is 0.893. The summed E-state index contributed by atoms with van der Waals surface area (Å²) in [5.41, 5.74) is 1.14. The third kappa shape index (κ3) is 3.58. The Morgan fingerprint density at radius 2 is 2.04 bits per heavy atom. The van der Waals surface area contributed by atoms with E-state index < -0.39 is 5.60 Å². The van der Waals surface area contributed by atoms with Crippen molar-refractivity contribution in [2.24, 2.45) is 0 Å². The van der Waals surface area contributed by atoms with Crippen molar-refractivity contribution >= 4 is 6.09 Å². The summed E-state index contributed by atoms with van der Waals surface area (Å²) in [5.74, 6) is 0.461. The Morgan fingerprint density at radius 3 is 2.71 bits per heavy atom. The van der Waals surface area contributed by atoms with E-state index in [2.05, 4.69) is 9.97 Å². The molecule has 0 aliphatic carbocycles. The highest BCUT2D eigenvalue weighted by atomic mass is 19.1. The number of H-pyrrole nitrogens is 1. The molecule has 1 aromatic carbocycles. The molecule has 0 unspecified atom stereocenters. The average molecular weight is 331 g/mol. The lowest BCUT2D eigenvalue weighted by molar-refractivity contribution is 0.0219. The summed E-state index contributed by atoms with van der Waals surface area (Å²) >= 11 is 0. The van der Waals surface area contributed by atoms with Crippen LogP contribution in [-0.4, -0.2) is 33.1 Å². The lowest BCUT2D eigenvalue weighted by Gasteiger charge is -2.27. The molecule has 128 valence electrons. The van der Waals surface area contributed by atoms with Gasteiger partial charge in [0.05, 0.1) is 17.9 Å². The van der Waals surface area contributed by atoms with Gasteiger partial charge in [0.2, 0.25) is 0 Å². The molecule has 2 heterocycles. The molecule has 3 rings (SSSR count). The van der Waals surface area contributed by atoms with E-state index in [-0.39, 0.29) is 18.0 Å². The smallest absolute Gasteiger partial charge is 0.410 e.